The molecule has 0 saturated heterocycles. The van der Waals surface area contributed by atoms with Crippen molar-refractivity contribution in [2.75, 3.05) is 14.2 Å². The minimum absolute atomic E-state index is 0.0725. The third kappa shape index (κ3) is 4.94. The summed E-state index contributed by atoms with van der Waals surface area (Å²) in [6.07, 6.45) is 1.18. The molecular formula is C14H26N2O4. The van der Waals surface area contributed by atoms with Gasteiger partial charge in [0.25, 0.3) is 0 Å². The average molecular weight is 286 g/mol. The number of hydrogen-bond donors (Lipinski definition) is 2. The summed E-state index contributed by atoms with van der Waals surface area (Å²) in [7, 11) is 3.12. The Morgan fingerprint density at radius 2 is 1.80 bits per heavy atom. The van der Waals surface area contributed by atoms with Crippen LogP contribution in [0.5, 0.6) is 0 Å². The lowest BCUT2D eigenvalue weighted by Gasteiger charge is -2.32. The van der Waals surface area contributed by atoms with E-state index in [1.54, 1.807) is 20.0 Å². The Balaban J connectivity index is 5.17. The van der Waals surface area contributed by atoms with Crippen LogP contribution in [-0.4, -0.2) is 54.2 Å². The molecule has 6 heteroatoms. The summed E-state index contributed by atoms with van der Waals surface area (Å²) in [4.78, 5) is 24.7. The molecular weight excluding hydrogens is 260 g/mol. The van der Waals surface area contributed by atoms with E-state index >= 15 is 0 Å². The third-order valence-electron chi connectivity index (χ3n) is 3.40. The Labute approximate surface area is 120 Å². The number of rotatable bonds is 7. The van der Waals surface area contributed by atoms with Crippen LogP contribution >= 0.6 is 0 Å². The van der Waals surface area contributed by atoms with Crippen LogP contribution in [-0.2, 0) is 14.3 Å². The highest BCUT2D eigenvalue weighted by molar-refractivity contribution is 5.86. The normalized spacial score (nSPS) is 16.7. The Hall–Kier alpha value is -1.40. The second kappa shape index (κ2) is 8.01. The van der Waals surface area contributed by atoms with Crippen LogP contribution in [0.15, 0.2) is 11.6 Å². The quantitative estimate of drug-likeness (QED) is 0.677. The molecule has 3 atom stereocenters. The van der Waals surface area contributed by atoms with E-state index in [1.807, 2.05) is 13.8 Å². The fourth-order valence-corrected chi connectivity index (χ4v) is 1.81. The fourth-order valence-electron chi connectivity index (χ4n) is 1.81. The molecule has 0 bridgehead atoms. The number of aliphatic carboxylic acids is 1. The molecule has 1 amide bonds. The van der Waals surface area contributed by atoms with Gasteiger partial charge in [0, 0.05) is 19.7 Å². The second-order valence-electron chi connectivity index (χ2n) is 5.31. The van der Waals surface area contributed by atoms with Gasteiger partial charge < -0.3 is 20.5 Å². The van der Waals surface area contributed by atoms with Gasteiger partial charge in [0.2, 0.25) is 5.91 Å². The second-order valence-corrected chi connectivity index (χ2v) is 5.31. The predicted octanol–water partition coefficient (Wildman–Crippen LogP) is 0.863. The molecule has 0 fully saturated rings. The van der Waals surface area contributed by atoms with Crippen molar-refractivity contribution in [3.05, 3.63) is 11.6 Å². The summed E-state index contributed by atoms with van der Waals surface area (Å²) in [5.74, 6) is -1.19. The SMILES string of the molecule is CO[C@@H](C)[C@H](N)C(=O)N(C)[C@H](C=C(C)C(=O)O)C(C)C. The highest BCUT2D eigenvalue weighted by atomic mass is 16.5. The molecule has 116 valence electrons. The van der Waals surface area contributed by atoms with E-state index in [4.69, 9.17) is 15.6 Å². The van der Waals surface area contributed by atoms with Crippen molar-refractivity contribution in [1.82, 2.24) is 4.90 Å². The summed E-state index contributed by atoms with van der Waals surface area (Å²) in [5.41, 5.74) is 6.05. The van der Waals surface area contributed by atoms with E-state index in [1.165, 1.54) is 18.9 Å². The summed E-state index contributed by atoms with van der Waals surface area (Å²) in [6.45, 7) is 7.07. The molecule has 0 radical (unpaired) electrons. The van der Waals surface area contributed by atoms with Gasteiger partial charge in [-0.25, -0.2) is 4.79 Å². The van der Waals surface area contributed by atoms with Crippen molar-refractivity contribution in [3.8, 4) is 0 Å². The maximum atomic E-state index is 12.3. The van der Waals surface area contributed by atoms with E-state index in [0.29, 0.717) is 0 Å². The van der Waals surface area contributed by atoms with Crippen LogP contribution in [0.3, 0.4) is 0 Å². The molecule has 0 heterocycles. The summed E-state index contributed by atoms with van der Waals surface area (Å²) < 4.78 is 5.06. The first-order valence-electron chi connectivity index (χ1n) is 6.60. The summed E-state index contributed by atoms with van der Waals surface area (Å²) in [6, 6.07) is -1.10. The Bertz CT molecular complexity index is 379. The van der Waals surface area contributed by atoms with Crippen LogP contribution in [0.1, 0.15) is 27.7 Å². The monoisotopic (exact) mass is 286 g/mol. The lowest BCUT2D eigenvalue weighted by Crippen LogP contribution is -2.52. The van der Waals surface area contributed by atoms with Gasteiger partial charge in [0.05, 0.1) is 12.1 Å². The number of carbonyl (C=O) groups is 2. The van der Waals surface area contributed by atoms with Crippen molar-refractivity contribution >= 4 is 11.9 Å². The topological polar surface area (TPSA) is 92.9 Å². The van der Waals surface area contributed by atoms with Gasteiger partial charge in [-0.3, -0.25) is 4.79 Å². The lowest BCUT2D eigenvalue weighted by molar-refractivity contribution is -0.136. The number of nitrogens with two attached hydrogens (primary N) is 1. The van der Waals surface area contributed by atoms with Gasteiger partial charge in [-0.1, -0.05) is 19.9 Å². The molecule has 0 aromatic carbocycles. The Morgan fingerprint density at radius 1 is 1.30 bits per heavy atom. The van der Waals surface area contributed by atoms with Gasteiger partial charge in [0.15, 0.2) is 0 Å². The number of carboxylic acid groups (broad SMARTS) is 1. The molecule has 0 aliphatic heterocycles. The maximum absolute atomic E-state index is 12.3. The highest BCUT2D eigenvalue weighted by Gasteiger charge is 2.29. The van der Waals surface area contributed by atoms with Crippen LogP contribution in [0.4, 0.5) is 0 Å². The van der Waals surface area contributed by atoms with E-state index in [2.05, 4.69) is 0 Å². The smallest absolute Gasteiger partial charge is 0.331 e. The number of ether oxygens (including phenoxy) is 1. The first kappa shape index (κ1) is 18.6. The lowest BCUT2D eigenvalue weighted by atomic mass is 9.99. The Morgan fingerprint density at radius 3 is 2.15 bits per heavy atom. The fraction of sp³-hybridized carbons (Fsp3) is 0.714. The number of nitrogens with zero attached hydrogens (tertiary/aromatic N) is 1. The maximum Gasteiger partial charge on any atom is 0.331 e. The zero-order valence-electron chi connectivity index (χ0n) is 13.1. The first-order chi connectivity index (χ1) is 9.13. The Kier molecular flexibility index (Phi) is 7.45. The molecule has 3 N–H and O–H groups in total. The number of carboxylic acids is 1. The molecule has 0 aliphatic carbocycles. The molecule has 0 rings (SSSR count). The number of amides is 1. The van der Waals surface area contributed by atoms with Crippen molar-refractivity contribution in [3.63, 3.8) is 0 Å². The first-order valence-corrected chi connectivity index (χ1v) is 6.60. The predicted molar refractivity (Wildman–Crippen MR) is 77.2 cm³/mol. The number of likely N-dealkylation sites (N-methyl/N-ethyl adjacent to an activating group) is 1. The van der Waals surface area contributed by atoms with Crippen molar-refractivity contribution in [2.24, 2.45) is 11.7 Å². The van der Waals surface area contributed by atoms with E-state index in [9.17, 15) is 9.59 Å². The third-order valence-corrected chi connectivity index (χ3v) is 3.40. The van der Waals surface area contributed by atoms with Gasteiger partial charge in [-0.2, -0.15) is 0 Å². The number of carbonyl (C=O) groups excluding carboxylic acids is 1. The minimum atomic E-state index is -0.994. The van der Waals surface area contributed by atoms with Crippen LogP contribution in [0.25, 0.3) is 0 Å². The van der Waals surface area contributed by atoms with Crippen LogP contribution < -0.4 is 5.73 Å². The van der Waals surface area contributed by atoms with E-state index in [-0.39, 0.29) is 23.4 Å². The molecule has 0 saturated carbocycles. The van der Waals surface area contributed by atoms with Crippen LogP contribution in [0.2, 0.25) is 0 Å². The standard InChI is InChI=1S/C14H26N2O4/c1-8(2)11(7-9(3)14(18)19)16(5)13(17)12(15)10(4)20-6/h7-8,10-12H,15H2,1-6H3,(H,18,19)/t10-,11+,12-/m0/s1. The van der Waals surface area contributed by atoms with E-state index < -0.39 is 18.1 Å². The van der Waals surface area contributed by atoms with Gasteiger partial charge in [0.1, 0.15) is 6.04 Å². The zero-order valence-corrected chi connectivity index (χ0v) is 13.1. The minimum Gasteiger partial charge on any atom is -0.478 e. The molecule has 20 heavy (non-hydrogen) atoms. The highest BCUT2D eigenvalue weighted by Crippen LogP contribution is 2.15. The number of methoxy groups -OCH3 is 1. The molecule has 6 nitrogen and oxygen atoms in total. The molecule has 0 aromatic heterocycles. The van der Waals surface area contributed by atoms with E-state index in [0.717, 1.165) is 0 Å². The summed E-state index contributed by atoms with van der Waals surface area (Å²) >= 11 is 0. The van der Waals surface area contributed by atoms with Gasteiger partial charge >= 0.3 is 5.97 Å². The number of hydrogen-bond acceptors (Lipinski definition) is 4. The van der Waals surface area contributed by atoms with Gasteiger partial charge in [-0.15, -0.1) is 0 Å². The van der Waals surface area contributed by atoms with Gasteiger partial charge in [-0.05, 0) is 19.8 Å². The molecule has 0 aromatic rings. The molecule has 0 spiro atoms. The van der Waals surface area contributed by atoms with Crippen molar-refractivity contribution in [2.45, 2.75) is 45.9 Å². The van der Waals surface area contributed by atoms with Crippen LogP contribution in [0, 0.1) is 5.92 Å². The average Bonchev–Trinajstić information content (AvgIpc) is 2.40. The molecule has 0 unspecified atom stereocenters. The zero-order chi connectivity index (χ0) is 16.0. The summed E-state index contributed by atoms with van der Waals surface area (Å²) in [5, 5.41) is 8.95. The molecule has 0 aliphatic rings. The van der Waals surface area contributed by atoms with Crippen molar-refractivity contribution in [1.29, 1.82) is 0 Å². The largest absolute Gasteiger partial charge is 0.478 e. The van der Waals surface area contributed by atoms with Crippen molar-refractivity contribution < 1.29 is 19.4 Å².